The van der Waals surface area contributed by atoms with Crippen molar-refractivity contribution in [3.8, 4) is 11.5 Å². The molecule has 0 unspecified atom stereocenters. The van der Waals surface area contributed by atoms with Gasteiger partial charge in [0.25, 0.3) is 5.91 Å². The van der Waals surface area contributed by atoms with Crippen LogP contribution in [0, 0.1) is 0 Å². The summed E-state index contributed by atoms with van der Waals surface area (Å²) < 4.78 is 11.3. The van der Waals surface area contributed by atoms with E-state index < -0.39 is 0 Å². The Morgan fingerprint density at radius 2 is 2.00 bits per heavy atom. The minimum absolute atomic E-state index is 0.0352. The third kappa shape index (κ3) is 3.18. The molecule has 1 amide bonds. The zero-order valence-corrected chi connectivity index (χ0v) is 12.8. The molecule has 2 aromatic carbocycles. The van der Waals surface area contributed by atoms with Gasteiger partial charge >= 0.3 is 0 Å². The second-order valence-electron chi connectivity index (χ2n) is 5.20. The summed E-state index contributed by atoms with van der Waals surface area (Å²) in [4.78, 5) is 23.7. The second kappa shape index (κ2) is 6.52. The molecule has 0 atom stereocenters. The maximum Gasteiger partial charge on any atom is 0.262 e. The Bertz CT molecular complexity index is 740. The lowest BCUT2D eigenvalue weighted by atomic mass is 10.0. The Balaban J connectivity index is 1.91. The number of carbonyl (C=O) groups excluding carboxylic acids is 2. The highest BCUT2D eigenvalue weighted by atomic mass is 16.5. The minimum atomic E-state index is -0.261. The molecule has 0 saturated carbocycles. The molecule has 0 fully saturated rings. The van der Waals surface area contributed by atoms with Crippen LogP contribution in [0.25, 0.3) is 0 Å². The minimum Gasteiger partial charge on any atom is -0.487 e. The summed E-state index contributed by atoms with van der Waals surface area (Å²) >= 11 is 0. The number of nitrogens with one attached hydrogen (secondary N) is 1. The summed E-state index contributed by atoms with van der Waals surface area (Å²) in [5.41, 5.74) is 1.91. The molecule has 23 heavy (non-hydrogen) atoms. The molecule has 1 N–H and O–H groups in total. The first-order valence-electron chi connectivity index (χ1n) is 7.48. The number of amides is 1. The van der Waals surface area contributed by atoms with Gasteiger partial charge in [-0.2, -0.15) is 0 Å². The van der Waals surface area contributed by atoms with E-state index in [2.05, 4.69) is 5.32 Å². The summed E-state index contributed by atoms with van der Waals surface area (Å²) in [6.45, 7) is 2.05. The molecule has 0 radical (unpaired) electrons. The first-order chi connectivity index (χ1) is 11.2. The molecular formula is C18H17NO4. The fourth-order valence-corrected chi connectivity index (χ4v) is 2.41. The predicted molar refractivity (Wildman–Crippen MR) is 86.0 cm³/mol. The van der Waals surface area contributed by atoms with E-state index in [0.717, 1.165) is 5.56 Å². The van der Waals surface area contributed by atoms with Gasteiger partial charge in [-0.3, -0.25) is 9.59 Å². The summed E-state index contributed by atoms with van der Waals surface area (Å²) in [7, 11) is 0. The van der Waals surface area contributed by atoms with Gasteiger partial charge in [0.05, 0.1) is 5.56 Å². The first kappa shape index (κ1) is 15.1. The maximum absolute atomic E-state index is 12.0. The SMILES string of the molecule is CCC(=O)c1ccc(OCc2ccccc2)c2c1OCC(=O)N2. The molecule has 3 rings (SSSR count). The molecule has 2 aromatic rings. The Labute approximate surface area is 134 Å². The van der Waals surface area contributed by atoms with Gasteiger partial charge in [0, 0.05) is 6.42 Å². The van der Waals surface area contributed by atoms with Crippen molar-refractivity contribution in [2.45, 2.75) is 20.0 Å². The van der Waals surface area contributed by atoms with E-state index in [4.69, 9.17) is 9.47 Å². The lowest BCUT2D eigenvalue weighted by Gasteiger charge is -2.23. The topological polar surface area (TPSA) is 64.6 Å². The zero-order chi connectivity index (χ0) is 16.2. The van der Waals surface area contributed by atoms with Crippen LogP contribution in [0.4, 0.5) is 5.69 Å². The van der Waals surface area contributed by atoms with Crippen LogP contribution in [0.5, 0.6) is 11.5 Å². The Kier molecular flexibility index (Phi) is 4.28. The molecule has 1 heterocycles. The van der Waals surface area contributed by atoms with Crippen LogP contribution < -0.4 is 14.8 Å². The predicted octanol–water partition coefficient (Wildman–Crippen LogP) is 3.19. The van der Waals surface area contributed by atoms with Gasteiger partial charge in [-0.25, -0.2) is 0 Å². The monoisotopic (exact) mass is 311 g/mol. The number of hydrogen-bond donors (Lipinski definition) is 1. The molecule has 1 aliphatic rings. The fraction of sp³-hybridized carbons (Fsp3) is 0.222. The molecule has 118 valence electrons. The van der Waals surface area contributed by atoms with E-state index in [1.165, 1.54) is 0 Å². The Morgan fingerprint density at radius 3 is 2.74 bits per heavy atom. The summed E-state index contributed by atoms with van der Waals surface area (Å²) in [5.74, 6) is 0.585. The van der Waals surface area contributed by atoms with Gasteiger partial charge < -0.3 is 14.8 Å². The lowest BCUT2D eigenvalue weighted by molar-refractivity contribution is -0.118. The van der Waals surface area contributed by atoms with Crippen molar-refractivity contribution < 1.29 is 19.1 Å². The van der Waals surface area contributed by atoms with Crippen molar-refractivity contribution >= 4 is 17.4 Å². The van der Waals surface area contributed by atoms with Crippen LogP contribution >= 0.6 is 0 Å². The maximum atomic E-state index is 12.0. The number of rotatable bonds is 5. The number of carbonyl (C=O) groups is 2. The zero-order valence-electron chi connectivity index (χ0n) is 12.8. The largest absolute Gasteiger partial charge is 0.487 e. The lowest BCUT2D eigenvalue weighted by Crippen LogP contribution is -2.27. The normalized spacial score (nSPS) is 12.8. The van der Waals surface area contributed by atoms with E-state index >= 15 is 0 Å². The van der Waals surface area contributed by atoms with Crippen LogP contribution in [-0.4, -0.2) is 18.3 Å². The molecular weight excluding hydrogens is 294 g/mol. The second-order valence-corrected chi connectivity index (χ2v) is 5.20. The molecule has 0 bridgehead atoms. The van der Waals surface area contributed by atoms with Gasteiger partial charge in [0.1, 0.15) is 18.0 Å². The number of ketones is 1. The number of hydrogen-bond acceptors (Lipinski definition) is 4. The molecule has 5 nitrogen and oxygen atoms in total. The van der Waals surface area contributed by atoms with E-state index in [1.807, 2.05) is 30.3 Å². The van der Waals surface area contributed by atoms with Crippen molar-refractivity contribution in [1.82, 2.24) is 0 Å². The van der Waals surface area contributed by atoms with Crippen LogP contribution in [0.15, 0.2) is 42.5 Å². The average Bonchev–Trinajstić information content (AvgIpc) is 2.59. The van der Waals surface area contributed by atoms with Crippen LogP contribution in [0.3, 0.4) is 0 Å². The first-order valence-corrected chi connectivity index (χ1v) is 7.48. The van der Waals surface area contributed by atoms with Crippen molar-refractivity contribution in [3.05, 3.63) is 53.6 Å². The quantitative estimate of drug-likeness (QED) is 0.861. The van der Waals surface area contributed by atoms with Crippen molar-refractivity contribution in [2.75, 3.05) is 11.9 Å². The molecule has 0 aliphatic carbocycles. The number of ether oxygens (including phenoxy) is 2. The number of Topliss-reactive ketones (excluding diaryl/α,β-unsaturated/α-hetero) is 1. The van der Waals surface area contributed by atoms with Gasteiger partial charge in [0.15, 0.2) is 18.1 Å². The summed E-state index contributed by atoms with van der Waals surface area (Å²) in [6.07, 6.45) is 0.369. The number of benzene rings is 2. The standard InChI is InChI=1S/C18H17NO4/c1-2-14(20)13-8-9-15(17-18(13)23-11-16(21)19-17)22-10-12-6-4-3-5-7-12/h3-9H,2,10-11H2,1H3,(H,19,21). The van der Waals surface area contributed by atoms with E-state index in [0.29, 0.717) is 35.8 Å². The van der Waals surface area contributed by atoms with Crippen molar-refractivity contribution in [3.63, 3.8) is 0 Å². The summed E-state index contributed by atoms with van der Waals surface area (Å²) in [5, 5.41) is 2.74. The summed E-state index contributed by atoms with van der Waals surface area (Å²) in [6, 6.07) is 13.1. The van der Waals surface area contributed by atoms with E-state index in [-0.39, 0.29) is 18.3 Å². The Morgan fingerprint density at radius 1 is 1.22 bits per heavy atom. The Hall–Kier alpha value is -2.82. The molecule has 1 aliphatic heterocycles. The highest BCUT2D eigenvalue weighted by molar-refractivity contribution is 6.05. The van der Waals surface area contributed by atoms with E-state index in [1.54, 1.807) is 19.1 Å². The van der Waals surface area contributed by atoms with Gasteiger partial charge in [-0.1, -0.05) is 37.3 Å². The highest BCUT2D eigenvalue weighted by Crippen LogP contribution is 2.40. The fourth-order valence-electron chi connectivity index (χ4n) is 2.41. The molecule has 0 spiro atoms. The van der Waals surface area contributed by atoms with Gasteiger partial charge in [-0.15, -0.1) is 0 Å². The van der Waals surface area contributed by atoms with Gasteiger partial charge in [-0.05, 0) is 17.7 Å². The van der Waals surface area contributed by atoms with Crippen LogP contribution in [0.2, 0.25) is 0 Å². The highest BCUT2D eigenvalue weighted by Gasteiger charge is 2.25. The molecule has 0 aromatic heterocycles. The van der Waals surface area contributed by atoms with E-state index in [9.17, 15) is 9.59 Å². The van der Waals surface area contributed by atoms with Crippen LogP contribution in [0.1, 0.15) is 29.3 Å². The van der Waals surface area contributed by atoms with Crippen molar-refractivity contribution in [1.29, 1.82) is 0 Å². The third-order valence-electron chi connectivity index (χ3n) is 3.59. The number of fused-ring (bicyclic) bond motifs is 1. The van der Waals surface area contributed by atoms with Crippen molar-refractivity contribution in [2.24, 2.45) is 0 Å². The molecule has 5 heteroatoms. The molecule has 0 saturated heterocycles. The van der Waals surface area contributed by atoms with Gasteiger partial charge in [0.2, 0.25) is 0 Å². The smallest absolute Gasteiger partial charge is 0.262 e. The number of anilines is 1. The third-order valence-corrected chi connectivity index (χ3v) is 3.59. The average molecular weight is 311 g/mol. The van der Waals surface area contributed by atoms with Crippen LogP contribution in [-0.2, 0) is 11.4 Å².